The lowest BCUT2D eigenvalue weighted by Crippen LogP contribution is -2.32. The minimum Gasteiger partial charge on any atom is -0.484 e. The zero-order chi connectivity index (χ0) is 18.5. The Hall–Kier alpha value is -2.61. The lowest BCUT2D eigenvalue weighted by Gasteiger charge is -2.16. The first kappa shape index (κ1) is 18.2. The predicted molar refractivity (Wildman–Crippen MR) is 91.9 cm³/mol. The van der Waals surface area contributed by atoms with Crippen LogP contribution in [-0.4, -0.2) is 59.7 Å². The van der Waals surface area contributed by atoms with Gasteiger partial charge in [0, 0.05) is 24.8 Å². The Bertz CT molecular complexity index is 686. The van der Waals surface area contributed by atoms with Crippen molar-refractivity contribution in [1.82, 2.24) is 4.90 Å². The van der Waals surface area contributed by atoms with Crippen LogP contribution in [0.3, 0.4) is 0 Å². The Balaban J connectivity index is 1.51. The number of nitrogens with one attached hydrogen (secondary N) is 1. The number of hydrogen-bond acceptors (Lipinski definition) is 5. The number of carbonyl (C=O) groups is 3. The van der Waals surface area contributed by atoms with Gasteiger partial charge in [0.05, 0.1) is 0 Å². The number of rotatable bonds is 6. The van der Waals surface area contributed by atoms with Crippen LogP contribution in [0.4, 0.5) is 5.69 Å². The summed E-state index contributed by atoms with van der Waals surface area (Å²) in [6.07, 6.45) is 1.02. The molecule has 26 heavy (non-hydrogen) atoms. The zero-order valence-corrected chi connectivity index (χ0v) is 14.3. The van der Waals surface area contributed by atoms with Crippen LogP contribution < -0.4 is 10.1 Å². The van der Waals surface area contributed by atoms with Gasteiger partial charge in [-0.2, -0.15) is 0 Å². The fourth-order valence-electron chi connectivity index (χ4n) is 3.10. The average molecular weight is 362 g/mol. The molecular weight excluding hydrogens is 340 g/mol. The molecule has 8 nitrogen and oxygen atoms in total. The average Bonchev–Trinajstić information content (AvgIpc) is 3.31. The molecule has 2 atom stereocenters. The van der Waals surface area contributed by atoms with E-state index in [2.05, 4.69) is 5.32 Å². The second-order valence-electron chi connectivity index (χ2n) is 6.42. The zero-order valence-electron chi connectivity index (χ0n) is 14.3. The first-order valence-electron chi connectivity index (χ1n) is 8.73. The number of benzene rings is 1. The maximum Gasteiger partial charge on any atom is 0.332 e. The monoisotopic (exact) mass is 362 g/mol. The smallest absolute Gasteiger partial charge is 0.332 e. The van der Waals surface area contributed by atoms with E-state index < -0.39 is 18.2 Å². The molecule has 0 aromatic heterocycles. The number of likely N-dealkylation sites (tertiary alicyclic amines) is 1. The van der Waals surface area contributed by atoms with Crippen LogP contribution >= 0.6 is 0 Å². The highest BCUT2D eigenvalue weighted by atomic mass is 16.5. The molecule has 2 saturated heterocycles. The number of hydrogen-bond donors (Lipinski definition) is 2. The fourth-order valence-corrected chi connectivity index (χ4v) is 3.10. The van der Waals surface area contributed by atoms with E-state index in [9.17, 15) is 14.4 Å². The number of carboxylic acid groups (broad SMARTS) is 1. The van der Waals surface area contributed by atoms with Crippen LogP contribution in [0.1, 0.15) is 25.7 Å². The molecule has 2 heterocycles. The molecule has 1 aromatic rings. The minimum absolute atomic E-state index is 0.0383. The van der Waals surface area contributed by atoms with Gasteiger partial charge in [-0.05, 0) is 37.8 Å². The molecule has 2 aliphatic heterocycles. The van der Waals surface area contributed by atoms with E-state index in [4.69, 9.17) is 14.6 Å². The molecule has 0 spiro atoms. The SMILES string of the molecule is O=C(Nc1cccc(OCC(=O)N2CCCC2)c1)[C@@H]1CC[C@H](C(=O)O)O1. The second-order valence-corrected chi connectivity index (χ2v) is 6.42. The van der Waals surface area contributed by atoms with Crippen LogP contribution in [0, 0.1) is 0 Å². The first-order valence-corrected chi connectivity index (χ1v) is 8.73. The Morgan fingerprint density at radius 1 is 1.19 bits per heavy atom. The van der Waals surface area contributed by atoms with Gasteiger partial charge in [0.15, 0.2) is 12.7 Å². The molecular formula is C18H22N2O6. The van der Waals surface area contributed by atoms with Crippen LogP contribution in [0.15, 0.2) is 24.3 Å². The molecule has 2 amide bonds. The van der Waals surface area contributed by atoms with E-state index in [-0.39, 0.29) is 18.4 Å². The highest BCUT2D eigenvalue weighted by molar-refractivity contribution is 5.95. The highest BCUT2D eigenvalue weighted by Gasteiger charge is 2.34. The fraction of sp³-hybridized carbons (Fsp3) is 0.500. The van der Waals surface area contributed by atoms with E-state index in [1.807, 2.05) is 0 Å². The van der Waals surface area contributed by atoms with Crippen LogP contribution in [0.5, 0.6) is 5.75 Å². The molecule has 0 radical (unpaired) electrons. The first-order chi connectivity index (χ1) is 12.5. The lowest BCUT2D eigenvalue weighted by molar-refractivity contribution is -0.150. The van der Waals surface area contributed by atoms with E-state index in [0.717, 1.165) is 25.9 Å². The summed E-state index contributed by atoms with van der Waals surface area (Å²) in [5.74, 6) is -1.01. The number of ether oxygens (including phenoxy) is 2. The van der Waals surface area contributed by atoms with Crippen molar-refractivity contribution in [2.45, 2.75) is 37.9 Å². The van der Waals surface area contributed by atoms with Crippen LogP contribution in [-0.2, 0) is 19.1 Å². The topological polar surface area (TPSA) is 105 Å². The molecule has 2 N–H and O–H groups in total. The van der Waals surface area contributed by atoms with Crippen molar-refractivity contribution in [1.29, 1.82) is 0 Å². The second kappa shape index (κ2) is 8.18. The van der Waals surface area contributed by atoms with Crippen molar-refractivity contribution in [2.75, 3.05) is 25.0 Å². The van der Waals surface area contributed by atoms with Crippen LogP contribution in [0.25, 0.3) is 0 Å². The van der Waals surface area contributed by atoms with Gasteiger partial charge in [-0.1, -0.05) is 6.07 Å². The van der Waals surface area contributed by atoms with Gasteiger partial charge in [0.1, 0.15) is 11.9 Å². The summed E-state index contributed by atoms with van der Waals surface area (Å²) in [6.45, 7) is 1.51. The van der Waals surface area contributed by atoms with Gasteiger partial charge in [0.2, 0.25) is 0 Å². The number of carbonyl (C=O) groups excluding carboxylic acids is 2. The van der Waals surface area contributed by atoms with Gasteiger partial charge in [-0.3, -0.25) is 9.59 Å². The number of anilines is 1. The molecule has 0 bridgehead atoms. The summed E-state index contributed by atoms with van der Waals surface area (Å²) in [5.41, 5.74) is 0.503. The normalized spacial score (nSPS) is 22.2. The van der Waals surface area contributed by atoms with Crippen molar-refractivity contribution in [2.24, 2.45) is 0 Å². The summed E-state index contributed by atoms with van der Waals surface area (Å²) in [7, 11) is 0. The van der Waals surface area contributed by atoms with Gasteiger partial charge in [0.25, 0.3) is 11.8 Å². The van der Waals surface area contributed by atoms with Gasteiger partial charge < -0.3 is 24.8 Å². The Kier molecular flexibility index (Phi) is 5.72. The van der Waals surface area contributed by atoms with Gasteiger partial charge >= 0.3 is 5.97 Å². The summed E-state index contributed by atoms with van der Waals surface area (Å²) in [6, 6.07) is 6.73. The standard InChI is InChI=1S/C18H22N2O6/c21-16(20-8-1-2-9-20)11-25-13-5-3-4-12(10-13)19-17(22)14-6-7-15(26-14)18(23)24/h3-5,10,14-15H,1-2,6-9,11H2,(H,19,22)(H,23,24)/t14-,15+/m0/s1. The van der Waals surface area contributed by atoms with Crippen molar-refractivity contribution in [3.63, 3.8) is 0 Å². The summed E-state index contributed by atoms with van der Waals surface area (Å²) in [4.78, 5) is 36.9. The summed E-state index contributed by atoms with van der Waals surface area (Å²) < 4.78 is 10.8. The number of amides is 2. The lowest BCUT2D eigenvalue weighted by atomic mass is 10.2. The Labute approximate surface area is 151 Å². The molecule has 0 aliphatic carbocycles. The van der Waals surface area contributed by atoms with Gasteiger partial charge in [-0.15, -0.1) is 0 Å². The van der Waals surface area contributed by atoms with Gasteiger partial charge in [-0.25, -0.2) is 4.79 Å². The summed E-state index contributed by atoms with van der Waals surface area (Å²) >= 11 is 0. The Morgan fingerprint density at radius 2 is 1.92 bits per heavy atom. The van der Waals surface area contributed by atoms with E-state index >= 15 is 0 Å². The number of carboxylic acids is 1. The third kappa shape index (κ3) is 4.51. The molecule has 0 saturated carbocycles. The quantitative estimate of drug-likeness (QED) is 0.789. The molecule has 0 unspecified atom stereocenters. The molecule has 3 rings (SSSR count). The predicted octanol–water partition coefficient (Wildman–Crippen LogP) is 1.26. The van der Waals surface area contributed by atoms with E-state index in [1.54, 1.807) is 29.2 Å². The number of nitrogens with zero attached hydrogens (tertiary/aromatic N) is 1. The maximum atomic E-state index is 12.2. The Morgan fingerprint density at radius 3 is 2.62 bits per heavy atom. The van der Waals surface area contributed by atoms with E-state index in [1.165, 1.54) is 0 Å². The van der Waals surface area contributed by atoms with Crippen LogP contribution in [0.2, 0.25) is 0 Å². The molecule has 2 aliphatic rings. The van der Waals surface area contributed by atoms with Crippen molar-refractivity contribution < 1.29 is 29.0 Å². The van der Waals surface area contributed by atoms with E-state index in [0.29, 0.717) is 24.3 Å². The van der Waals surface area contributed by atoms with Crippen molar-refractivity contribution >= 4 is 23.5 Å². The maximum absolute atomic E-state index is 12.2. The molecule has 8 heteroatoms. The summed E-state index contributed by atoms with van der Waals surface area (Å²) in [5, 5.41) is 11.6. The molecule has 1 aromatic carbocycles. The van der Waals surface area contributed by atoms with Crippen molar-refractivity contribution in [3.05, 3.63) is 24.3 Å². The largest absolute Gasteiger partial charge is 0.484 e. The highest BCUT2D eigenvalue weighted by Crippen LogP contribution is 2.23. The molecule has 2 fully saturated rings. The number of aliphatic carboxylic acids is 1. The molecule has 140 valence electrons. The van der Waals surface area contributed by atoms with Crippen molar-refractivity contribution in [3.8, 4) is 5.75 Å². The third-order valence-corrected chi connectivity index (χ3v) is 4.51. The third-order valence-electron chi connectivity index (χ3n) is 4.51. The minimum atomic E-state index is -1.06.